The summed E-state index contributed by atoms with van der Waals surface area (Å²) in [5, 5.41) is 0. The minimum atomic E-state index is -0.764. The zero-order valence-corrected chi connectivity index (χ0v) is 47.6. The number of ether oxygens (including phenoxy) is 3. The largest absolute Gasteiger partial charge is 0.462 e. The smallest absolute Gasteiger partial charge is 0.306 e. The van der Waals surface area contributed by atoms with Crippen molar-refractivity contribution < 1.29 is 28.6 Å². The molecule has 0 aliphatic carbocycles. The van der Waals surface area contributed by atoms with Gasteiger partial charge in [0.15, 0.2) is 6.10 Å². The molecule has 0 bridgehead atoms. The van der Waals surface area contributed by atoms with E-state index in [1.165, 1.54) is 263 Å². The molecule has 0 aliphatic heterocycles. The van der Waals surface area contributed by atoms with Crippen LogP contribution < -0.4 is 0 Å². The summed E-state index contributed by atoms with van der Waals surface area (Å²) in [4.78, 5) is 38.2. The first-order valence-electron chi connectivity index (χ1n) is 31.7. The van der Waals surface area contributed by atoms with Gasteiger partial charge in [0.2, 0.25) is 0 Å². The molecule has 0 radical (unpaired) electrons. The SMILES string of the molecule is CCCCCCCC/C=C\CCCCCCCCCCCCCC(=O)OC[C@H](COC(=O)CCCCCCCCCCCCCCCCCCCCC)OC(=O)CCCCCCCCCCCCCC. The fourth-order valence-corrected chi connectivity index (χ4v) is 9.74. The Morgan fingerprint density at radius 1 is 0.271 bits per heavy atom. The van der Waals surface area contributed by atoms with Crippen molar-refractivity contribution in [3.05, 3.63) is 12.2 Å². The van der Waals surface area contributed by atoms with Gasteiger partial charge in [-0.25, -0.2) is 0 Å². The Labute approximate surface area is 437 Å². The standard InChI is InChI=1S/C64H122O6/c1-4-7-10-13-16-19-22-25-27-29-31-32-34-36-38-40-43-45-48-51-54-57-63(66)69-60-61(70-64(67)58-55-52-49-46-41-24-21-18-15-12-9-6-3)59-68-62(65)56-53-50-47-44-42-39-37-35-33-30-28-26-23-20-17-14-11-8-5-2/h25,27,61H,4-24,26,28-60H2,1-3H3/b27-25-/t61-/m0/s1. The lowest BCUT2D eigenvalue weighted by Crippen LogP contribution is -2.30. The van der Waals surface area contributed by atoms with E-state index in [9.17, 15) is 14.4 Å². The second-order valence-electron chi connectivity index (χ2n) is 21.7. The van der Waals surface area contributed by atoms with Gasteiger partial charge in [0, 0.05) is 19.3 Å². The van der Waals surface area contributed by atoms with Crippen molar-refractivity contribution in [2.45, 2.75) is 367 Å². The minimum absolute atomic E-state index is 0.0634. The molecule has 0 aromatic heterocycles. The normalized spacial score (nSPS) is 12.0. The molecule has 0 unspecified atom stereocenters. The lowest BCUT2D eigenvalue weighted by molar-refractivity contribution is -0.167. The summed E-state index contributed by atoms with van der Waals surface area (Å²) in [7, 11) is 0. The third-order valence-electron chi connectivity index (χ3n) is 14.5. The van der Waals surface area contributed by atoms with E-state index in [2.05, 4.69) is 32.9 Å². The monoisotopic (exact) mass is 987 g/mol. The maximum absolute atomic E-state index is 12.9. The fraction of sp³-hybridized carbons (Fsp3) is 0.922. The van der Waals surface area contributed by atoms with Gasteiger partial charge in [-0.3, -0.25) is 14.4 Å². The summed E-state index contributed by atoms with van der Waals surface area (Å²) in [6.45, 7) is 6.70. The average Bonchev–Trinajstić information content (AvgIpc) is 3.36. The predicted molar refractivity (Wildman–Crippen MR) is 303 cm³/mol. The highest BCUT2D eigenvalue weighted by atomic mass is 16.6. The van der Waals surface area contributed by atoms with Crippen LogP contribution in [0.3, 0.4) is 0 Å². The second kappa shape index (κ2) is 59.7. The van der Waals surface area contributed by atoms with Gasteiger partial charge in [-0.15, -0.1) is 0 Å². The van der Waals surface area contributed by atoms with E-state index in [-0.39, 0.29) is 31.1 Å². The van der Waals surface area contributed by atoms with Crippen LogP contribution >= 0.6 is 0 Å². The zero-order valence-electron chi connectivity index (χ0n) is 47.6. The molecule has 6 nitrogen and oxygen atoms in total. The van der Waals surface area contributed by atoms with Crippen LogP contribution in [-0.4, -0.2) is 37.2 Å². The van der Waals surface area contributed by atoms with Crippen molar-refractivity contribution in [1.82, 2.24) is 0 Å². The maximum Gasteiger partial charge on any atom is 0.306 e. The molecule has 1 atom stereocenters. The van der Waals surface area contributed by atoms with Crippen LogP contribution in [0.25, 0.3) is 0 Å². The van der Waals surface area contributed by atoms with Gasteiger partial charge in [0.25, 0.3) is 0 Å². The van der Waals surface area contributed by atoms with Crippen molar-refractivity contribution in [3.8, 4) is 0 Å². The maximum atomic E-state index is 12.9. The highest BCUT2D eigenvalue weighted by Crippen LogP contribution is 2.18. The van der Waals surface area contributed by atoms with E-state index in [1.54, 1.807) is 0 Å². The summed E-state index contributed by atoms with van der Waals surface area (Å²) in [6, 6.07) is 0. The van der Waals surface area contributed by atoms with Gasteiger partial charge >= 0.3 is 17.9 Å². The third kappa shape index (κ3) is 57.1. The number of rotatable bonds is 59. The summed E-state index contributed by atoms with van der Waals surface area (Å²) >= 11 is 0. The topological polar surface area (TPSA) is 78.9 Å². The summed E-state index contributed by atoms with van der Waals surface area (Å²) in [5.74, 6) is -0.835. The lowest BCUT2D eigenvalue weighted by Gasteiger charge is -2.18. The Morgan fingerprint density at radius 2 is 0.471 bits per heavy atom. The molecule has 0 amide bonds. The molecular formula is C64H122O6. The molecule has 0 saturated carbocycles. The molecule has 0 aromatic carbocycles. The molecule has 0 N–H and O–H groups in total. The zero-order chi connectivity index (χ0) is 50.7. The lowest BCUT2D eigenvalue weighted by atomic mass is 10.0. The highest BCUT2D eigenvalue weighted by Gasteiger charge is 2.19. The van der Waals surface area contributed by atoms with Crippen LogP contribution in [0.4, 0.5) is 0 Å². The van der Waals surface area contributed by atoms with Crippen LogP contribution in [0, 0.1) is 0 Å². The van der Waals surface area contributed by atoms with E-state index in [0.717, 1.165) is 57.8 Å². The van der Waals surface area contributed by atoms with Gasteiger partial charge in [-0.05, 0) is 44.9 Å². The first kappa shape index (κ1) is 68.2. The number of carbonyl (C=O) groups is 3. The Morgan fingerprint density at radius 3 is 0.714 bits per heavy atom. The Bertz CT molecular complexity index is 1090. The molecule has 6 heteroatoms. The van der Waals surface area contributed by atoms with Gasteiger partial charge in [0.1, 0.15) is 13.2 Å². The molecule has 0 rings (SSSR count). The summed E-state index contributed by atoms with van der Waals surface area (Å²) < 4.78 is 16.9. The van der Waals surface area contributed by atoms with Crippen molar-refractivity contribution in [2.24, 2.45) is 0 Å². The Balaban J connectivity index is 4.22. The molecule has 0 aromatic rings. The quantitative estimate of drug-likeness (QED) is 0.0261. The first-order valence-corrected chi connectivity index (χ1v) is 31.7. The van der Waals surface area contributed by atoms with E-state index in [0.29, 0.717) is 19.3 Å². The minimum Gasteiger partial charge on any atom is -0.462 e. The van der Waals surface area contributed by atoms with Gasteiger partial charge in [-0.1, -0.05) is 309 Å². The van der Waals surface area contributed by atoms with Crippen LogP contribution in [0.2, 0.25) is 0 Å². The number of hydrogen-bond donors (Lipinski definition) is 0. The molecule has 70 heavy (non-hydrogen) atoms. The summed E-state index contributed by atoms with van der Waals surface area (Å²) in [6.07, 6.45) is 69.3. The van der Waals surface area contributed by atoms with E-state index < -0.39 is 6.10 Å². The number of esters is 3. The van der Waals surface area contributed by atoms with Crippen molar-refractivity contribution in [3.63, 3.8) is 0 Å². The fourth-order valence-electron chi connectivity index (χ4n) is 9.74. The number of unbranched alkanes of at least 4 members (excludes halogenated alkanes) is 46. The van der Waals surface area contributed by atoms with Crippen molar-refractivity contribution in [1.29, 1.82) is 0 Å². The van der Waals surface area contributed by atoms with Gasteiger partial charge in [-0.2, -0.15) is 0 Å². The second-order valence-corrected chi connectivity index (χ2v) is 21.7. The molecule has 0 fully saturated rings. The molecule has 0 spiro atoms. The number of allylic oxidation sites excluding steroid dienone is 2. The van der Waals surface area contributed by atoms with Gasteiger partial charge in [0.05, 0.1) is 0 Å². The molecule has 0 saturated heterocycles. The molecular weight excluding hydrogens is 865 g/mol. The Hall–Kier alpha value is -1.85. The van der Waals surface area contributed by atoms with E-state index in [1.807, 2.05) is 0 Å². The number of hydrogen-bond acceptors (Lipinski definition) is 6. The van der Waals surface area contributed by atoms with Crippen molar-refractivity contribution >= 4 is 17.9 Å². The molecule has 0 heterocycles. The van der Waals surface area contributed by atoms with E-state index in [4.69, 9.17) is 14.2 Å². The third-order valence-corrected chi connectivity index (χ3v) is 14.5. The van der Waals surface area contributed by atoms with Crippen LogP contribution in [0.5, 0.6) is 0 Å². The van der Waals surface area contributed by atoms with Gasteiger partial charge < -0.3 is 14.2 Å². The van der Waals surface area contributed by atoms with Crippen LogP contribution in [0.15, 0.2) is 12.2 Å². The predicted octanol–water partition coefficient (Wildman–Crippen LogP) is 21.3. The molecule has 414 valence electrons. The Kier molecular flexibility index (Phi) is 58.1. The van der Waals surface area contributed by atoms with Crippen LogP contribution in [0.1, 0.15) is 361 Å². The van der Waals surface area contributed by atoms with Crippen LogP contribution in [-0.2, 0) is 28.6 Å². The molecule has 0 aliphatic rings. The summed E-state index contributed by atoms with van der Waals surface area (Å²) in [5.41, 5.74) is 0. The highest BCUT2D eigenvalue weighted by molar-refractivity contribution is 5.71. The average molecular weight is 988 g/mol. The first-order chi connectivity index (χ1) is 34.5. The van der Waals surface area contributed by atoms with Crippen molar-refractivity contribution in [2.75, 3.05) is 13.2 Å². The van der Waals surface area contributed by atoms with E-state index >= 15 is 0 Å². The number of carbonyl (C=O) groups excluding carboxylic acids is 3.